The summed E-state index contributed by atoms with van der Waals surface area (Å²) in [6, 6.07) is 12.8. The van der Waals surface area contributed by atoms with E-state index in [9.17, 15) is 18.3 Å². The summed E-state index contributed by atoms with van der Waals surface area (Å²) in [6.07, 6.45) is 1.20. The van der Waals surface area contributed by atoms with E-state index in [1.807, 2.05) is 44.2 Å². The van der Waals surface area contributed by atoms with E-state index in [1.165, 1.54) is 4.31 Å². The number of nitrogens with one attached hydrogen (secondary N) is 1. The third-order valence-corrected chi connectivity index (χ3v) is 8.45. The van der Waals surface area contributed by atoms with Crippen LogP contribution in [0.3, 0.4) is 0 Å². The number of fused-ring (bicyclic) bond motifs is 1. The van der Waals surface area contributed by atoms with Gasteiger partial charge in [-0.3, -0.25) is 9.10 Å². The van der Waals surface area contributed by atoms with Gasteiger partial charge in [-0.1, -0.05) is 32.9 Å². The van der Waals surface area contributed by atoms with Crippen LogP contribution in [0.15, 0.2) is 47.4 Å². The molecule has 2 unspecified atom stereocenters. The van der Waals surface area contributed by atoms with Crippen molar-refractivity contribution in [3.63, 3.8) is 0 Å². The number of aliphatic hydroxyl groups excluding tert-OH is 1. The number of hydrogen-bond acceptors (Lipinski definition) is 5. The van der Waals surface area contributed by atoms with Gasteiger partial charge in [0.2, 0.25) is 5.91 Å². The highest BCUT2D eigenvalue weighted by Gasteiger charge is 2.32. The Hall–Kier alpha value is -2.58. The second kappa shape index (κ2) is 9.96. The minimum Gasteiger partial charge on any atom is -0.388 e. The van der Waals surface area contributed by atoms with E-state index in [2.05, 4.69) is 17.1 Å². The van der Waals surface area contributed by atoms with Gasteiger partial charge < -0.3 is 15.3 Å². The summed E-state index contributed by atoms with van der Waals surface area (Å²) in [5, 5.41) is 13.6. The van der Waals surface area contributed by atoms with Crippen LogP contribution in [0, 0.1) is 11.8 Å². The number of hydrogen-bond donors (Lipinski definition) is 2. The van der Waals surface area contributed by atoms with Crippen molar-refractivity contribution in [2.45, 2.75) is 51.0 Å². The van der Waals surface area contributed by atoms with Crippen LogP contribution in [-0.2, 0) is 21.2 Å². The highest BCUT2D eigenvalue weighted by molar-refractivity contribution is 7.92. The fourth-order valence-corrected chi connectivity index (χ4v) is 6.46. The molecule has 34 heavy (non-hydrogen) atoms. The van der Waals surface area contributed by atoms with Crippen LogP contribution in [0.1, 0.15) is 50.8 Å². The van der Waals surface area contributed by atoms with Crippen LogP contribution < -0.4 is 14.5 Å². The van der Waals surface area contributed by atoms with Crippen molar-refractivity contribution in [2.24, 2.45) is 11.8 Å². The maximum atomic E-state index is 13.8. The molecule has 2 N–H and O–H groups in total. The zero-order chi connectivity index (χ0) is 24.5. The van der Waals surface area contributed by atoms with E-state index in [1.54, 1.807) is 12.1 Å². The Morgan fingerprint density at radius 3 is 2.53 bits per heavy atom. The minimum atomic E-state index is -3.82. The molecule has 0 aromatic heterocycles. The first kappa shape index (κ1) is 24.5. The van der Waals surface area contributed by atoms with Crippen molar-refractivity contribution in [3.8, 4) is 0 Å². The molecule has 0 radical (unpaired) electrons. The zero-order valence-corrected chi connectivity index (χ0v) is 21.0. The lowest BCUT2D eigenvalue weighted by Gasteiger charge is -2.36. The van der Waals surface area contributed by atoms with E-state index in [0.717, 1.165) is 17.7 Å². The number of rotatable bonds is 8. The second-order valence-corrected chi connectivity index (χ2v) is 11.7. The third-order valence-electron chi connectivity index (χ3n) is 6.66. The largest absolute Gasteiger partial charge is 0.388 e. The van der Waals surface area contributed by atoms with E-state index < -0.39 is 16.1 Å². The lowest BCUT2D eigenvalue weighted by molar-refractivity contribution is -0.119. The van der Waals surface area contributed by atoms with Crippen molar-refractivity contribution >= 4 is 27.3 Å². The van der Waals surface area contributed by atoms with E-state index in [4.69, 9.17) is 0 Å². The first-order valence-electron chi connectivity index (χ1n) is 12.1. The lowest BCUT2D eigenvalue weighted by Crippen LogP contribution is -2.37. The molecule has 2 atom stereocenters. The second-order valence-electron chi connectivity index (χ2n) is 9.80. The summed E-state index contributed by atoms with van der Waals surface area (Å²) in [5.74, 6) is 0.426. The number of sulfonamides is 1. The predicted molar refractivity (Wildman–Crippen MR) is 135 cm³/mol. The van der Waals surface area contributed by atoms with Gasteiger partial charge in [-0.25, -0.2) is 8.42 Å². The van der Waals surface area contributed by atoms with Crippen LogP contribution >= 0.6 is 0 Å². The van der Waals surface area contributed by atoms with Gasteiger partial charge in [0.05, 0.1) is 16.7 Å². The van der Waals surface area contributed by atoms with Crippen molar-refractivity contribution < 1.29 is 18.3 Å². The van der Waals surface area contributed by atoms with Gasteiger partial charge in [0.15, 0.2) is 0 Å². The molecule has 2 aliphatic heterocycles. The van der Waals surface area contributed by atoms with Gasteiger partial charge in [0.25, 0.3) is 10.0 Å². The van der Waals surface area contributed by atoms with Crippen LogP contribution in [0.5, 0.6) is 0 Å². The summed E-state index contributed by atoms with van der Waals surface area (Å²) in [6.45, 7) is 8.46. The molecule has 1 fully saturated rings. The number of carbonyl (C=O) groups is 1. The molecule has 1 amide bonds. The quantitative estimate of drug-likeness (QED) is 0.598. The summed E-state index contributed by atoms with van der Waals surface area (Å²) >= 11 is 0. The van der Waals surface area contributed by atoms with Gasteiger partial charge in [-0.05, 0) is 54.7 Å². The number of carbonyl (C=O) groups excluding carboxylic acids is 1. The number of aryl methyl sites for hydroxylation is 1. The maximum absolute atomic E-state index is 13.8. The van der Waals surface area contributed by atoms with E-state index in [0.29, 0.717) is 50.3 Å². The van der Waals surface area contributed by atoms with Gasteiger partial charge in [0.1, 0.15) is 0 Å². The fourth-order valence-electron chi connectivity index (χ4n) is 4.80. The molecule has 2 heterocycles. The third kappa shape index (κ3) is 5.08. The molecule has 184 valence electrons. The highest BCUT2D eigenvalue weighted by Crippen LogP contribution is 2.37. The molecular formula is C26H35N3O4S. The zero-order valence-electron chi connectivity index (χ0n) is 20.2. The molecule has 2 aromatic rings. The molecule has 4 rings (SSSR count). The average molecular weight is 486 g/mol. The molecule has 0 saturated carbocycles. The standard InChI is InChI=1S/C26H35N3O4S/c1-4-19-5-7-21(8-6-19)29(16-18(2)3)34(32,33)22-9-10-24-23(14-22)25(30)11-12-28(24)17-20-13-26(31)27-15-20/h5-10,14,18,20,25,30H,4,11-13,15-17H2,1-3H3,(H,27,31). The average Bonchev–Trinajstić information content (AvgIpc) is 3.23. The van der Waals surface area contributed by atoms with Crippen LogP contribution in [-0.4, -0.2) is 45.6 Å². The molecule has 0 spiro atoms. The molecule has 2 aliphatic rings. The van der Waals surface area contributed by atoms with Gasteiger partial charge >= 0.3 is 0 Å². The first-order chi connectivity index (χ1) is 16.2. The van der Waals surface area contributed by atoms with Crippen molar-refractivity contribution in [3.05, 3.63) is 53.6 Å². The Morgan fingerprint density at radius 1 is 1.18 bits per heavy atom. The summed E-state index contributed by atoms with van der Waals surface area (Å²) in [7, 11) is -3.82. The molecule has 0 bridgehead atoms. The Labute approximate surface area is 202 Å². The van der Waals surface area contributed by atoms with Gasteiger partial charge in [0, 0.05) is 49.8 Å². The number of benzene rings is 2. The Bertz CT molecular complexity index is 1130. The number of anilines is 2. The topological polar surface area (TPSA) is 89.9 Å². The molecule has 7 nitrogen and oxygen atoms in total. The maximum Gasteiger partial charge on any atom is 0.264 e. The lowest BCUT2D eigenvalue weighted by atomic mass is 9.97. The monoisotopic (exact) mass is 485 g/mol. The van der Waals surface area contributed by atoms with Gasteiger partial charge in [-0.15, -0.1) is 0 Å². The van der Waals surface area contributed by atoms with Crippen LogP contribution in [0.2, 0.25) is 0 Å². The normalized spacial score (nSPS) is 20.4. The van der Waals surface area contributed by atoms with E-state index in [-0.39, 0.29) is 22.6 Å². The molecule has 2 aromatic carbocycles. The summed E-state index contributed by atoms with van der Waals surface area (Å²) in [5.41, 5.74) is 3.28. The Morgan fingerprint density at radius 2 is 1.91 bits per heavy atom. The Balaban J connectivity index is 1.66. The Kier molecular flexibility index (Phi) is 7.19. The van der Waals surface area contributed by atoms with Crippen molar-refractivity contribution in [1.82, 2.24) is 5.32 Å². The van der Waals surface area contributed by atoms with E-state index >= 15 is 0 Å². The van der Waals surface area contributed by atoms with Crippen molar-refractivity contribution in [2.75, 3.05) is 35.4 Å². The smallest absolute Gasteiger partial charge is 0.264 e. The SMILES string of the molecule is CCc1ccc(N(CC(C)C)S(=O)(=O)c2ccc3c(c2)C(O)CCN3CC2CNC(=O)C2)cc1. The number of amides is 1. The molecule has 0 aliphatic carbocycles. The molecule has 1 saturated heterocycles. The summed E-state index contributed by atoms with van der Waals surface area (Å²) < 4.78 is 29.1. The minimum absolute atomic E-state index is 0.0703. The number of nitrogens with zero attached hydrogens (tertiary/aromatic N) is 2. The molecule has 8 heteroatoms. The molecular weight excluding hydrogens is 450 g/mol. The van der Waals surface area contributed by atoms with Crippen molar-refractivity contribution in [1.29, 1.82) is 0 Å². The first-order valence-corrected chi connectivity index (χ1v) is 13.6. The predicted octanol–water partition coefficient (Wildman–Crippen LogP) is 3.48. The van der Waals surface area contributed by atoms with Crippen LogP contribution in [0.25, 0.3) is 0 Å². The van der Waals surface area contributed by atoms with Gasteiger partial charge in [-0.2, -0.15) is 0 Å². The highest BCUT2D eigenvalue weighted by atomic mass is 32.2. The summed E-state index contributed by atoms with van der Waals surface area (Å²) in [4.78, 5) is 14.0. The van der Waals surface area contributed by atoms with Crippen LogP contribution in [0.4, 0.5) is 11.4 Å². The fraction of sp³-hybridized carbons (Fsp3) is 0.500. The number of aliphatic hydroxyl groups is 1.